The van der Waals surface area contributed by atoms with Crippen molar-refractivity contribution in [3.63, 3.8) is 0 Å². The highest BCUT2D eigenvalue weighted by Gasteiger charge is 2.25. The first kappa shape index (κ1) is 22.7. The molecule has 1 aromatic heterocycles. The van der Waals surface area contributed by atoms with Gasteiger partial charge < -0.3 is 20.3 Å². The second-order valence-electron chi connectivity index (χ2n) is 8.06. The Hall–Kier alpha value is -3.45. The van der Waals surface area contributed by atoms with Crippen LogP contribution in [0.3, 0.4) is 0 Å². The van der Waals surface area contributed by atoms with E-state index in [0.29, 0.717) is 32.1 Å². The van der Waals surface area contributed by atoms with Crippen LogP contribution in [0.4, 0.5) is 10.2 Å². The number of aliphatic imine (C=N–C) groups is 1. The molecule has 2 N–H and O–H groups in total. The van der Waals surface area contributed by atoms with E-state index in [1.807, 2.05) is 35.2 Å². The van der Waals surface area contributed by atoms with E-state index in [0.717, 1.165) is 35.6 Å². The van der Waals surface area contributed by atoms with Gasteiger partial charge in [-0.15, -0.1) is 0 Å². The van der Waals surface area contributed by atoms with E-state index in [-0.39, 0.29) is 11.9 Å². The van der Waals surface area contributed by atoms with Crippen LogP contribution in [0.25, 0.3) is 0 Å². The summed E-state index contributed by atoms with van der Waals surface area (Å²) < 4.78 is 20.0. The SMILES string of the molecule is CN=C(NCc1ccccc1COCc1ccccc1)NC1CCN(c2ncccc2F)C1. The summed E-state index contributed by atoms with van der Waals surface area (Å²) in [6.07, 6.45) is 2.52. The molecule has 4 rings (SSSR count). The molecule has 2 aromatic carbocycles. The van der Waals surface area contributed by atoms with Gasteiger partial charge in [0.1, 0.15) is 0 Å². The van der Waals surface area contributed by atoms with Crippen molar-refractivity contribution in [2.45, 2.75) is 32.2 Å². The molecule has 1 fully saturated rings. The summed E-state index contributed by atoms with van der Waals surface area (Å²) in [5.74, 6) is 0.851. The predicted molar refractivity (Wildman–Crippen MR) is 130 cm³/mol. The van der Waals surface area contributed by atoms with E-state index < -0.39 is 0 Å². The van der Waals surface area contributed by atoms with E-state index in [2.05, 4.69) is 44.9 Å². The zero-order valence-corrected chi connectivity index (χ0v) is 18.9. The van der Waals surface area contributed by atoms with Crippen molar-refractivity contribution in [1.82, 2.24) is 15.6 Å². The Balaban J connectivity index is 1.28. The fourth-order valence-corrected chi connectivity index (χ4v) is 3.97. The van der Waals surface area contributed by atoms with Crippen LogP contribution >= 0.6 is 0 Å². The van der Waals surface area contributed by atoms with E-state index in [1.54, 1.807) is 19.3 Å². The van der Waals surface area contributed by atoms with Crippen LogP contribution < -0.4 is 15.5 Å². The fraction of sp³-hybridized carbons (Fsp3) is 0.308. The molecule has 1 atom stereocenters. The lowest BCUT2D eigenvalue weighted by atomic mass is 10.1. The molecule has 0 saturated carbocycles. The lowest BCUT2D eigenvalue weighted by molar-refractivity contribution is 0.106. The Morgan fingerprint density at radius 2 is 1.85 bits per heavy atom. The molecule has 1 unspecified atom stereocenters. The lowest BCUT2D eigenvalue weighted by Crippen LogP contribution is -2.44. The van der Waals surface area contributed by atoms with Crippen LogP contribution in [0, 0.1) is 5.82 Å². The Kier molecular flexibility index (Phi) is 7.87. The van der Waals surface area contributed by atoms with E-state index in [9.17, 15) is 4.39 Å². The van der Waals surface area contributed by atoms with Gasteiger partial charge in [0.2, 0.25) is 0 Å². The van der Waals surface area contributed by atoms with Crippen molar-refractivity contribution < 1.29 is 9.13 Å². The first-order chi connectivity index (χ1) is 16.2. The molecule has 0 aliphatic carbocycles. The van der Waals surface area contributed by atoms with Gasteiger partial charge in [-0.1, -0.05) is 54.6 Å². The summed E-state index contributed by atoms with van der Waals surface area (Å²) in [7, 11) is 1.76. The molecule has 6 nitrogen and oxygen atoms in total. The van der Waals surface area contributed by atoms with Gasteiger partial charge in [-0.25, -0.2) is 9.37 Å². The third-order valence-electron chi connectivity index (χ3n) is 5.73. The van der Waals surface area contributed by atoms with Crippen LogP contribution in [0.5, 0.6) is 0 Å². The largest absolute Gasteiger partial charge is 0.372 e. The summed E-state index contributed by atoms with van der Waals surface area (Å²) in [4.78, 5) is 10.5. The maximum Gasteiger partial charge on any atom is 0.191 e. The van der Waals surface area contributed by atoms with Gasteiger partial charge in [0.15, 0.2) is 17.6 Å². The van der Waals surface area contributed by atoms with E-state index in [4.69, 9.17) is 4.74 Å². The zero-order valence-electron chi connectivity index (χ0n) is 18.9. The average Bonchev–Trinajstić information content (AvgIpc) is 3.31. The van der Waals surface area contributed by atoms with Crippen LogP contribution in [0.2, 0.25) is 0 Å². The van der Waals surface area contributed by atoms with Crippen molar-refractivity contribution in [3.05, 3.63) is 95.4 Å². The third kappa shape index (κ3) is 6.29. The first-order valence-electron chi connectivity index (χ1n) is 11.2. The number of halogens is 1. The molecule has 1 aliphatic rings. The number of benzene rings is 2. The molecule has 0 bridgehead atoms. The van der Waals surface area contributed by atoms with Crippen molar-refractivity contribution in [2.24, 2.45) is 4.99 Å². The smallest absolute Gasteiger partial charge is 0.191 e. The van der Waals surface area contributed by atoms with Gasteiger partial charge in [-0.3, -0.25) is 4.99 Å². The summed E-state index contributed by atoms with van der Waals surface area (Å²) in [5, 5.41) is 6.86. The number of guanidine groups is 1. The highest BCUT2D eigenvalue weighted by molar-refractivity contribution is 5.80. The molecule has 1 saturated heterocycles. The number of anilines is 1. The normalized spacial score (nSPS) is 16.1. The molecule has 1 aliphatic heterocycles. The van der Waals surface area contributed by atoms with Crippen LogP contribution in [-0.4, -0.2) is 37.1 Å². The van der Waals surface area contributed by atoms with Crippen LogP contribution in [0.1, 0.15) is 23.1 Å². The first-order valence-corrected chi connectivity index (χ1v) is 11.2. The molecule has 33 heavy (non-hydrogen) atoms. The Bertz CT molecular complexity index is 1060. The maximum absolute atomic E-state index is 14.1. The zero-order chi connectivity index (χ0) is 22.9. The van der Waals surface area contributed by atoms with Crippen LogP contribution in [-0.2, 0) is 24.5 Å². The number of hydrogen-bond acceptors (Lipinski definition) is 4. The minimum atomic E-state index is -0.285. The number of nitrogens with zero attached hydrogens (tertiary/aromatic N) is 3. The number of nitrogens with one attached hydrogen (secondary N) is 2. The lowest BCUT2D eigenvalue weighted by Gasteiger charge is -2.20. The molecular formula is C26H30FN5O. The Labute approximate surface area is 194 Å². The van der Waals surface area contributed by atoms with Crippen molar-refractivity contribution >= 4 is 11.8 Å². The number of rotatable bonds is 8. The molecule has 7 heteroatoms. The number of hydrogen-bond donors (Lipinski definition) is 2. The number of ether oxygens (including phenoxy) is 1. The number of aromatic nitrogens is 1. The maximum atomic E-state index is 14.1. The van der Waals surface area contributed by atoms with E-state index in [1.165, 1.54) is 6.07 Å². The summed E-state index contributed by atoms with van der Waals surface area (Å²) in [6.45, 7) is 3.20. The molecule has 2 heterocycles. The van der Waals surface area contributed by atoms with Crippen molar-refractivity contribution in [1.29, 1.82) is 0 Å². The van der Waals surface area contributed by atoms with Gasteiger partial charge in [0, 0.05) is 38.9 Å². The monoisotopic (exact) mass is 447 g/mol. The third-order valence-corrected chi connectivity index (χ3v) is 5.73. The molecule has 0 radical (unpaired) electrons. The number of pyridine rings is 1. The standard InChI is InChI=1S/C26H30FN5O/c1-28-26(31-23-13-15-32(17-23)25-24(27)12-7-14-29-25)30-16-21-10-5-6-11-22(21)19-33-18-20-8-3-2-4-9-20/h2-12,14,23H,13,15-19H2,1H3,(H2,28,30,31). The second-order valence-corrected chi connectivity index (χ2v) is 8.06. The van der Waals surface area contributed by atoms with Gasteiger partial charge in [-0.2, -0.15) is 0 Å². The van der Waals surface area contributed by atoms with Gasteiger partial charge in [0.05, 0.1) is 13.2 Å². The molecular weight excluding hydrogens is 417 g/mol. The molecule has 172 valence electrons. The minimum Gasteiger partial charge on any atom is -0.372 e. The van der Waals surface area contributed by atoms with Gasteiger partial charge >= 0.3 is 0 Å². The summed E-state index contributed by atoms with van der Waals surface area (Å²) in [5.41, 5.74) is 3.47. The highest BCUT2D eigenvalue weighted by Crippen LogP contribution is 2.20. The van der Waals surface area contributed by atoms with E-state index >= 15 is 0 Å². The van der Waals surface area contributed by atoms with Crippen LogP contribution in [0.15, 0.2) is 77.9 Å². The summed E-state index contributed by atoms with van der Waals surface area (Å²) in [6, 6.07) is 21.7. The Morgan fingerprint density at radius 1 is 1.06 bits per heavy atom. The fourth-order valence-electron chi connectivity index (χ4n) is 3.97. The second kappa shape index (κ2) is 11.4. The van der Waals surface area contributed by atoms with Gasteiger partial charge in [-0.05, 0) is 35.2 Å². The quantitative estimate of drug-likeness (QED) is 0.405. The molecule has 0 spiro atoms. The molecule has 0 amide bonds. The topological polar surface area (TPSA) is 61.8 Å². The average molecular weight is 448 g/mol. The highest BCUT2D eigenvalue weighted by atomic mass is 19.1. The summed E-state index contributed by atoms with van der Waals surface area (Å²) >= 11 is 0. The molecule has 3 aromatic rings. The van der Waals surface area contributed by atoms with Gasteiger partial charge in [0.25, 0.3) is 0 Å². The Morgan fingerprint density at radius 3 is 2.64 bits per heavy atom. The van der Waals surface area contributed by atoms with Crippen molar-refractivity contribution in [3.8, 4) is 0 Å². The van der Waals surface area contributed by atoms with Crippen molar-refractivity contribution in [2.75, 3.05) is 25.0 Å². The predicted octanol–water partition coefficient (Wildman–Crippen LogP) is 3.88. The minimum absolute atomic E-state index is 0.169.